The van der Waals surface area contributed by atoms with Gasteiger partial charge < -0.3 is 5.32 Å². The smallest absolute Gasteiger partial charge is 0.00172 e. The lowest BCUT2D eigenvalue weighted by atomic mass is 10.8. The van der Waals surface area contributed by atoms with Crippen molar-refractivity contribution in [2.45, 2.75) is 6.92 Å². The second-order valence-electron chi connectivity index (χ2n) is 0.996. The largest absolute Gasteiger partial charge is 0.320 e. The molecular formula is C4H16ClN3. The highest BCUT2D eigenvalue weighted by Crippen LogP contribution is 1.34. The summed E-state index contributed by atoms with van der Waals surface area (Å²) in [6, 6.07) is 0. The molecule has 0 bridgehead atoms. The Morgan fingerprint density at radius 3 is 1.50 bits per heavy atom. The predicted octanol–water partition coefficient (Wildman–Crippen LogP) is -0.273. The van der Waals surface area contributed by atoms with Crippen molar-refractivity contribution in [3.05, 3.63) is 0 Å². The third kappa shape index (κ3) is 120. The summed E-state index contributed by atoms with van der Waals surface area (Å²) in [6.07, 6.45) is 0. The van der Waals surface area contributed by atoms with E-state index in [2.05, 4.69) is 23.5 Å². The van der Waals surface area contributed by atoms with E-state index in [9.17, 15) is 0 Å². The van der Waals surface area contributed by atoms with E-state index in [0.29, 0.717) is 0 Å². The van der Waals surface area contributed by atoms with Crippen LogP contribution in [-0.2, 0) is 0 Å². The Morgan fingerprint density at radius 2 is 1.50 bits per heavy atom. The molecule has 0 fully saturated rings. The first kappa shape index (κ1) is 15.7. The van der Waals surface area contributed by atoms with E-state index >= 15 is 0 Å². The van der Waals surface area contributed by atoms with Gasteiger partial charge in [-0.15, -0.1) is 12.4 Å². The Labute approximate surface area is 57.4 Å². The van der Waals surface area contributed by atoms with Crippen molar-refractivity contribution in [1.82, 2.24) is 10.7 Å². The third-order valence-corrected chi connectivity index (χ3v) is 0.354. The predicted molar refractivity (Wildman–Crippen MR) is 40.1 cm³/mol. The summed E-state index contributed by atoms with van der Waals surface area (Å²) >= 11 is 0. The van der Waals surface area contributed by atoms with Gasteiger partial charge in [0, 0.05) is 0 Å². The first-order valence-corrected chi connectivity index (χ1v) is 2.35. The molecule has 0 aromatic heterocycles. The van der Waals surface area contributed by atoms with Crippen LogP contribution in [0.15, 0.2) is 0 Å². The number of hydrogen-bond acceptors (Lipinski definition) is 3. The van der Waals surface area contributed by atoms with Gasteiger partial charge in [0.25, 0.3) is 0 Å². The number of hydrazine groups is 1. The summed E-state index contributed by atoms with van der Waals surface area (Å²) in [5.41, 5.74) is 2.25. The highest BCUT2D eigenvalue weighted by molar-refractivity contribution is 5.85. The Balaban J connectivity index is -0.0000000575. The number of nitrogens with two attached hydrogens (primary N) is 1. The van der Waals surface area contributed by atoms with Crippen LogP contribution in [0.3, 0.4) is 0 Å². The molecule has 0 aromatic carbocycles. The first-order chi connectivity index (χ1) is 3.33. The van der Waals surface area contributed by atoms with Gasteiger partial charge >= 0.3 is 0 Å². The molecule has 0 amide bonds. The molecule has 0 unspecified atom stereocenters. The monoisotopic (exact) mass is 141 g/mol. The van der Waals surface area contributed by atoms with E-state index in [-0.39, 0.29) is 12.4 Å². The molecule has 8 heavy (non-hydrogen) atoms. The molecular weight excluding hydrogens is 126 g/mol. The van der Waals surface area contributed by atoms with Gasteiger partial charge in [0.1, 0.15) is 0 Å². The van der Waals surface area contributed by atoms with Crippen LogP contribution in [0.4, 0.5) is 0 Å². The fourth-order valence-electron chi connectivity index (χ4n) is 0. The van der Waals surface area contributed by atoms with Crippen LogP contribution in [0.25, 0.3) is 0 Å². The van der Waals surface area contributed by atoms with Gasteiger partial charge in [0.15, 0.2) is 0 Å². The average molecular weight is 142 g/mol. The van der Waals surface area contributed by atoms with Crippen molar-refractivity contribution in [3.8, 4) is 0 Å². The average Bonchev–Trinajstić information content (AvgIpc) is 1.69. The standard InChI is InChI=1S/C3H9N.CH6N2.ClH/c1-3-4-2;1-3-2;/h4H,3H2,1-2H3;3H,2H2,1H3;1H. The maximum atomic E-state index is 4.60. The Kier molecular flexibility index (Phi) is 53.4. The van der Waals surface area contributed by atoms with E-state index in [1.807, 2.05) is 7.05 Å². The minimum atomic E-state index is 0. The SMILES string of the molecule is CCNC.CNN.Cl. The molecule has 0 spiro atoms. The number of nitrogens with one attached hydrogen (secondary N) is 2. The molecule has 0 rings (SSSR count). The maximum Gasteiger partial charge on any atom is -0.00172 e. The fourth-order valence-corrected chi connectivity index (χ4v) is 0. The van der Waals surface area contributed by atoms with Gasteiger partial charge in [-0.3, -0.25) is 11.3 Å². The second kappa shape index (κ2) is 27.2. The quantitative estimate of drug-likeness (QED) is 0.348. The zero-order chi connectivity index (χ0) is 6.12. The van der Waals surface area contributed by atoms with Crippen LogP contribution in [0.2, 0.25) is 0 Å². The van der Waals surface area contributed by atoms with Crippen LogP contribution in [0.5, 0.6) is 0 Å². The van der Waals surface area contributed by atoms with Crippen molar-refractivity contribution in [2.75, 3.05) is 20.6 Å². The minimum Gasteiger partial charge on any atom is -0.320 e. The Morgan fingerprint density at radius 1 is 1.38 bits per heavy atom. The van der Waals surface area contributed by atoms with Gasteiger partial charge in [0.05, 0.1) is 0 Å². The number of halogens is 1. The first-order valence-electron chi connectivity index (χ1n) is 2.35. The lowest BCUT2D eigenvalue weighted by Gasteiger charge is -1.76. The molecule has 0 saturated heterocycles. The lowest BCUT2D eigenvalue weighted by molar-refractivity contribution is 0.864. The van der Waals surface area contributed by atoms with Crippen molar-refractivity contribution >= 4 is 12.4 Å². The lowest BCUT2D eigenvalue weighted by Crippen LogP contribution is -2.13. The van der Waals surface area contributed by atoms with Gasteiger partial charge in [-0.25, -0.2) is 0 Å². The minimum absolute atomic E-state index is 0. The molecule has 54 valence electrons. The maximum absolute atomic E-state index is 4.60. The molecule has 0 aliphatic heterocycles. The van der Waals surface area contributed by atoms with Gasteiger partial charge in [0.2, 0.25) is 0 Å². The van der Waals surface area contributed by atoms with Gasteiger partial charge in [-0.2, -0.15) is 0 Å². The Hall–Kier alpha value is 0.170. The molecule has 0 heterocycles. The molecule has 0 aromatic rings. The normalized spacial score (nSPS) is 6.00. The van der Waals surface area contributed by atoms with E-state index in [4.69, 9.17) is 0 Å². The summed E-state index contributed by atoms with van der Waals surface area (Å²) in [6.45, 7) is 3.14. The van der Waals surface area contributed by atoms with Crippen LogP contribution in [0, 0.1) is 0 Å². The van der Waals surface area contributed by atoms with E-state index in [1.54, 1.807) is 7.05 Å². The highest BCUT2D eigenvalue weighted by Gasteiger charge is 1.50. The number of hydrogen-bond donors (Lipinski definition) is 3. The summed E-state index contributed by atoms with van der Waals surface area (Å²) in [4.78, 5) is 0. The topological polar surface area (TPSA) is 50.1 Å². The van der Waals surface area contributed by atoms with Crippen LogP contribution >= 0.6 is 12.4 Å². The van der Waals surface area contributed by atoms with Crippen LogP contribution in [-0.4, -0.2) is 20.6 Å². The molecule has 3 nitrogen and oxygen atoms in total. The van der Waals surface area contributed by atoms with Crippen LogP contribution in [0.1, 0.15) is 6.92 Å². The van der Waals surface area contributed by atoms with E-state index in [0.717, 1.165) is 6.54 Å². The molecule has 0 atom stereocenters. The summed E-state index contributed by atoms with van der Waals surface area (Å²) in [5.74, 6) is 4.60. The van der Waals surface area contributed by atoms with Crippen LogP contribution < -0.4 is 16.6 Å². The zero-order valence-corrected chi connectivity index (χ0v) is 6.51. The molecule has 0 aliphatic rings. The second-order valence-corrected chi connectivity index (χ2v) is 0.996. The van der Waals surface area contributed by atoms with E-state index < -0.39 is 0 Å². The van der Waals surface area contributed by atoms with Gasteiger partial charge in [-0.05, 0) is 20.6 Å². The molecule has 0 aliphatic carbocycles. The number of rotatable bonds is 1. The van der Waals surface area contributed by atoms with Crippen molar-refractivity contribution in [2.24, 2.45) is 5.84 Å². The van der Waals surface area contributed by atoms with Crippen molar-refractivity contribution < 1.29 is 0 Å². The molecule has 0 radical (unpaired) electrons. The van der Waals surface area contributed by atoms with Crippen molar-refractivity contribution in [1.29, 1.82) is 0 Å². The van der Waals surface area contributed by atoms with Gasteiger partial charge in [-0.1, -0.05) is 6.92 Å². The summed E-state index contributed by atoms with van der Waals surface area (Å²) in [7, 11) is 3.58. The fraction of sp³-hybridized carbons (Fsp3) is 1.00. The Bertz CT molecular complexity index is 18.8. The summed E-state index contributed by atoms with van der Waals surface area (Å²) in [5, 5.41) is 2.93. The highest BCUT2D eigenvalue weighted by atomic mass is 35.5. The summed E-state index contributed by atoms with van der Waals surface area (Å²) < 4.78 is 0. The van der Waals surface area contributed by atoms with E-state index in [1.165, 1.54) is 0 Å². The molecule has 4 heteroatoms. The zero-order valence-electron chi connectivity index (χ0n) is 5.69. The molecule has 4 N–H and O–H groups in total. The third-order valence-electron chi connectivity index (χ3n) is 0.354. The molecule has 0 saturated carbocycles. The van der Waals surface area contributed by atoms with Crippen molar-refractivity contribution in [3.63, 3.8) is 0 Å².